The number of fused-ring (bicyclic) bond motifs is 2. The maximum absolute atomic E-state index is 12.3. The second kappa shape index (κ2) is 5.04. The summed E-state index contributed by atoms with van der Waals surface area (Å²) in [6.45, 7) is 2.45. The van der Waals surface area contributed by atoms with Gasteiger partial charge in [-0.2, -0.15) is 0 Å². The van der Waals surface area contributed by atoms with Crippen LogP contribution in [0.25, 0.3) is 0 Å². The van der Waals surface area contributed by atoms with E-state index in [0.717, 1.165) is 17.4 Å². The molecular formula is C15H22N2O2S. The zero-order valence-corrected chi connectivity index (χ0v) is 12.6. The van der Waals surface area contributed by atoms with Gasteiger partial charge in [0.15, 0.2) is 0 Å². The van der Waals surface area contributed by atoms with Crippen molar-refractivity contribution in [1.82, 2.24) is 4.72 Å². The quantitative estimate of drug-likeness (QED) is 0.837. The Morgan fingerprint density at radius 1 is 1.30 bits per heavy atom. The number of rotatable bonds is 4. The van der Waals surface area contributed by atoms with Gasteiger partial charge in [-0.05, 0) is 61.6 Å². The number of nitrogen functional groups attached to an aromatic ring is 1. The summed E-state index contributed by atoms with van der Waals surface area (Å²) in [6, 6.07) is 5.07. The van der Waals surface area contributed by atoms with E-state index < -0.39 is 10.0 Å². The van der Waals surface area contributed by atoms with Crippen LogP contribution in [0.2, 0.25) is 0 Å². The number of anilines is 1. The summed E-state index contributed by atoms with van der Waals surface area (Å²) in [4.78, 5) is 0.200. The fourth-order valence-corrected chi connectivity index (χ4v) is 5.04. The first-order valence-corrected chi connectivity index (χ1v) is 8.80. The first-order valence-electron chi connectivity index (χ1n) is 7.31. The molecule has 4 nitrogen and oxygen atoms in total. The van der Waals surface area contributed by atoms with Gasteiger partial charge in [0.25, 0.3) is 0 Å². The van der Waals surface area contributed by atoms with Gasteiger partial charge in [0.05, 0.1) is 5.69 Å². The van der Waals surface area contributed by atoms with Gasteiger partial charge in [-0.1, -0.05) is 12.5 Å². The first kappa shape index (κ1) is 13.9. The van der Waals surface area contributed by atoms with E-state index in [0.29, 0.717) is 18.2 Å². The molecule has 0 spiro atoms. The molecule has 1 aromatic carbocycles. The Kier molecular flexibility index (Phi) is 3.50. The van der Waals surface area contributed by atoms with E-state index in [-0.39, 0.29) is 4.90 Å². The second-order valence-electron chi connectivity index (χ2n) is 6.33. The highest BCUT2D eigenvalue weighted by molar-refractivity contribution is 7.89. The van der Waals surface area contributed by atoms with Crippen LogP contribution < -0.4 is 10.5 Å². The molecule has 1 aromatic rings. The number of sulfonamides is 1. The molecule has 0 saturated heterocycles. The molecule has 2 fully saturated rings. The summed E-state index contributed by atoms with van der Waals surface area (Å²) in [5, 5.41) is 0. The van der Waals surface area contributed by atoms with Gasteiger partial charge < -0.3 is 5.73 Å². The number of hydrogen-bond donors (Lipinski definition) is 2. The molecule has 2 bridgehead atoms. The van der Waals surface area contributed by atoms with Gasteiger partial charge in [-0.3, -0.25) is 0 Å². The number of aryl methyl sites for hydroxylation is 1. The van der Waals surface area contributed by atoms with E-state index >= 15 is 0 Å². The lowest BCUT2D eigenvalue weighted by Crippen LogP contribution is -2.32. The Morgan fingerprint density at radius 3 is 2.70 bits per heavy atom. The molecule has 0 heterocycles. The van der Waals surface area contributed by atoms with Crippen molar-refractivity contribution in [3.8, 4) is 0 Å². The SMILES string of the molecule is Cc1ccc(S(=O)(=O)NCC2CC3CCC2C3)c(N)c1. The summed E-state index contributed by atoms with van der Waals surface area (Å²) < 4.78 is 27.4. The molecule has 2 saturated carbocycles. The van der Waals surface area contributed by atoms with E-state index in [2.05, 4.69) is 4.72 Å². The van der Waals surface area contributed by atoms with Crippen LogP contribution in [0, 0.1) is 24.7 Å². The smallest absolute Gasteiger partial charge is 0.242 e. The Labute approximate surface area is 120 Å². The molecule has 0 aromatic heterocycles. The third-order valence-electron chi connectivity index (χ3n) is 4.87. The minimum absolute atomic E-state index is 0.200. The molecule has 2 aliphatic carbocycles. The molecule has 0 amide bonds. The Bertz CT molecular complexity index is 612. The Hall–Kier alpha value is -1.07. The predicted molar refractivity (Wildman–Crippen MR) is 79.7 cm³/mol. The van der Waals surface area contributed by atoms with Crippen LogP contribution in [-0.4, -0.2) is 15.0 Å². The monoisotopic (exact) mass is 294 g/mol. The third-order valence-corrected chi connectivity index (χ3v) is 6.37. The van der Waals surface area contributed by atoms with Crippen molar-refractivity contribution in [2.75, 3.05) is 12.3 Å². The number of hydrogen-bond acceptors (Lipinski definition) is 3. The maximum atomic E-state index is 12.3. The van der Waals surface area contributed by atoms with Crippen molar-refractivity contribution in [1.29, 1.82) is 0 Å². The first-order chi connectivity index (χ1) is 9.45. The summed E-state index contributed by atoms with van der Waals surface area (Å²) >= 11 is 0. The molecule has 3 atom stereocenters. The van der Waals surface area contributed by atoms with Gasteiger partial charge in [-0.15, -0.1) is 0 Å². The standard InChI is InChI=1S/C15H22N2O2S/c1-10-2-5-15(14(16)6-10)20(18,19)17-9-13-8-11-3-4-12(13)7-11/h2,5-6,11-13,17H,3-4,7-9,16H2,1H3. The number of nitrogens with one attached hydrogen (secondary N) is 1. The fourth-order valence-electron chi connectivity index (χ4n) is 3.83. The summed E-state index contributed by atoms with van der Waals surface area (Å²) in [6.07, 6.45) is 5.07. The highest BCUT2D eigenvalue weighted by Crippen LogP contribution is 2.48. The third kappa shape index (κ3) is 2.56. The van der Waals surface area contributed by atoms with E-state index in [4.69, 9.17) is 5.73 Å². The van der Waals surface area contributed by atoms with Gasteiger partial charge in [0.1, 0.15) is 4.90 Å². The molecule has 3 N–H and O–H groups in total. The summed E-state index contributed by atoms with van der Waals surface area (Å²) in [5.74, 6) is 2.06. The minimum atomic E-state index is -3.49. The summed E-state index contributed by atoms with van der Waals surface area (Å²) in [5.41, 5.74) is 7.12. The lowest BCUT2D eigenvalue weighted by molar-refractivity contribution is 0.333. The largest absolute Gasteiger partial charge is 0.398 e. The normalized spacial score (nSPS) is 28.9. The van der Waals surface area contributed by atoms with Gasteiger partial charge in [0, 0.05) is 6.54 Å². The van der Waals surface area contributed by atoms with Gasteiger partial charge in [-0.25, -0.2) is 13.1 Å². The lowest BCUT2D eigenvalue weighted by Gasteiger charge is -2.22. The van der Waals surface area contributed by atoms with Crippen molar-refractivity contribution >= 4 is 15.7 Å². The Balaban J connectivity index is 1.69. The molecule has 5 heteroatoms. The molecule has 20 heavy (non-hydrogen) atoms. The molecule has 3 unspecified atom stereocenters. The molecule has 0 aliphatic heterocycles. The molecule has 110 valence electrons. The molecular weight excluding hydrogens is 272 g/mol. The van der Waals surface area contributed by atoms with Crippen molar-refractivity contribution in [2.45, 2.75) is 37.5 Å². The zero-order chi connectivity index (χ0) is 14.3. The molecule has 2 aliphatic rings. The Morgan fingerprint density at radius 2 is 2.10 bits per heavy atom. The van der Waals surface area contributed by atoms with Crippen molar-refractivity contribution < 1.29 is 8.42 Å². The fraction of sp³-hybridized carbons (Fsp3) is 0.600. The second-order valence-corrected chi connectivity index (χ2v) is 8.06. The number of nitrogens with two attached hydrogens (primary N) is 1. The molecule has 0 radical (unpaired) electrons. The zero-order valence-electron chi connectivity index (χ0n) is 11.8. The van der Waals surface area contributed by atoms with Crippen LogP contribution in [0.5, 0.6) is 0 Å². The van der Waals surface area contributed by atoms with E-state index in [1.807, 2.05) is 6.92 Å². The average Bonchev–Trinajstić information content (AvgIpc) is 2.98. The van der Waals surface area contributed by atoms with Crippen LogP contribution in [0.15, 0.2) is 23.1 Å². The lowest BCUT2D eigenvalue weighted by atomic mass is 9.89. The summed E-state index contributed by atoms with van der Waals surface area (Å²) in [7, 11) is -3.49. The van der Waals surface area contributed by atoms with Gasteiger partial charge in [0.2, 0.25) is 10.0 Å². The minimum Gasteiger partial charge on any atom is -0.398 e. The average molecular weight is 294 g/mol. The van der Waals surface area contributed by atoms with Crippen LogP contribution in [0.1, 0.15) is 31.2 Å². The number of benzene rings is 1. The van der Waals surface area contributed by atoms with E-state index in [1.165, 1.54) is 25.7 Å². The van der Waals surface area contributed by atoms with Crippen LogP contribution in [0.3, 0.4) is 0 Å². The van der Waals surface area contributed by atoms with Crippen molar-refractivity contribution in [3.63, 3.8) is 0 Å². The van der Waals surface area contributed by atoms with E-state index in [9.17, 15) is 8.42 Å². The van der Waals surface area contributed by atoms with Crippen LogP contribution in [0.4, 0.5) is 5.69 Å². The van der Waals surface area contributed by atoms with Crippen LogP contribution in [-0.2, 0) is 10.0 Å². The van der Waals surface area contributed by atoms with E-state index in [1.54, 1.807) is 18.2 Å². The predicted octanol–water partition coefficient (Wildman–Crippen LogP) is 2.29. The highest BCUT2D eigenvalue weighted by atomic mass is 32.2. The molecule has 3 rings (SSSR count). The van der Waals surface area contributed by atoms with Gasteiger partial charge >= 0.3 is 0 Å². The van der Waals surface area contributed by atoms with Crippen molar-refractivity contribution in [3.05, 3.63) is 23.8 Å². The maximum Gasteiger partial charge on any atom is 0.242 e. The highest BCUT2D eigenvalue weighted by Gasteiger charge is 2.39. The van der Waals surface area contributed by atoms with Crippen molar-refractivity contribution in [2.24, 2.45) is 17.8 Å². The van der Waals surface area contributed by atoms with Crippen LogP contribution >= 0.6 is 0 Å². The topological polar surface area (TPSA) is 72.2 Å².